The number of aromatic amines is 1. The Bertz CT molecular complexity index is 708. The van der Waals surface area contributed by atoms with E-state index in [0.717, 1.165) is 22.2 Å². The molecule has 0 amide bonds. The summed E-state index contributed by atoms with van der Waals surface area (Å²) in [5.41, 5.74) is 2.99. The molecule has 0 unspecified atom stereocenters. The van der Waals surface area contributed by atoms with Crippen LogP contribution in [0.4, 0.5) is 0 Å². The summed E-state index contributed by atoms with van der Waals surface area (Å²) in [5.74, 6) is 0.289. The Hall–Kier alpha value is -1.61. The number of Topliss-reactive ketones (excluding diaryl/α,β-unsaturated/α-hetero) is 1. The number of aryl methyl sites for hydroxylation is 1. The molecule has 2 fully saturated rings. The molecule has 1 aromatic carbocycles. The number of aromatic nitrogens is 1. The summed E-state index contributed by atoms with van der Waals surface area (Å²) in [5, 5.41) is 1.08. The zero-order valence-corrected chi connectivity index (χ0v) is 14.0. The molecule has 2 saturated carbocycles. The van der Waals surface area contributed by atoms with E-state index in [1.807, 2.05) is 19.1 Å². The third-order valence-corrected chi connectivity index (χ3v) is 5.56. The van der Waals surface area contributed by atoms with Gasteiger partial charge in [0.05, 0.1) is 6.54 Å². The summed E-state index contributed by atoms with van der Waals surface area (Å²) in [4.78, 5) is 19.0. The van der Waals surface area contributed by atoms with Gasteiger partial charge in [0.1, 0.15) is 0 Å². The summed E-state index contributed by atoms with van der Waals surface area (Å²) < 4.78 is 0. The number of nitrogens with zero attached hydrogens (tertiary/aromatic N) is 1. The molecule has 0 radical (unpaired) electrons. The minimum Gasteiger partial charge on any atom is -0.358 e. The zero-order valence-electron chi connectivity index (χ0n) is 14.0. The predicted octanol–water partition coefficient (Wildman–Crippen LogP) is 4.46. The number of hydrogen-bond acceptors (Lipinski definition) is 2. The molecule has 4 rings (SSSR count). The predicted molar refractivity (Wildman–Crippen MR) is 94.0 cm³/mol. The number of hydrogen-bond donors (Lipinski definition) is 1. The highest BCUT2D eigenvalue weighted by Gasteiger charge is 2.36. The van der Waals surface area contributed by atoms with E-state index in [9.17, 15) is 4.79 Å². The molecule has 1 N–H and O–H groups in total. The van der Waals surface area contributed by atoms with Gasteiger partial charge in [-0.1, -0.05) is 37.5 Å². The molecule has 122 valence electrons. The van der Waals surface area contributed by atoms with Crippen molar-refractivity contribution in [2.75, 3.05) is 6.54 Å². The van der Waals surface area contributed by atoms with Crippen LogP contribution < -0.4 is 0 Å². The minimum atomic E-state index is 0.289. The first kappa shape index (κ1) is 14.9. The van der Waals surface area contributed by atoms with E-state index in [2.05, 4.69) is 22.0 Å². The third-order valence-electron chi connectivity index (χ3n) is 5.56. The van der Waals surface area contributed by atoms with Crippen molar-refractivity contribution in [3.63, 3.8) is 0 Å². The Morgan fingerprint density at radius 3 is 2.52 bits per heavy atom. The molecular formula is C20H26N2O. The maximum atomic E-state index is 13.1. The number of fused-ring (bicyclic) bond motifs is 1. The maximum absolute atomic E-state index is 13.1. The van der Waals surface area contributed by atoms with Crippen molar-refractivity contribution < 1.29 is 4.79 Å². The lowest BCUT2D eigenvalue weighted by molar-refractivity contribution is 0.0843. The van der Waals surface area contributed by atoms with Gasteiger partial charge in [0.2, 0.25) is 0 Å². The molecule has 1 aromatic heterocycles. The summed E-state index contributed by atoms with van der Waals surface area (Å²) in [6.45, 7) is 2.62. The summed E-state index contributed by atoms with van der Waals surface area (Å²) in [6.07, 6.45) is 9.12. The van der Waals surface area contributed by atoms with Crippen molar-refractivity contribution in [2.45, 2.75) is 64.0 Å². The van der Waals surface area contributed by atoms with Gasteiger partial charge in [0, 0.05) is 34.2 Å². The van der Waals surface area contributed by atoms with E-state index in [4.69, 9.17) is 0 Å². The summed E-state index contributed by atoms with van der Waals surface area (Å²) in [6, 6.07) is 9.45. The lowest BCUT2D eigenvalue weighted by Crippen LogP contribution is -2.41. The number of benzene rings is 1. The molecule has 0 aliphatic heterocycles. The van der Waals surface area contributed by atoms with Crippen molar-refractivity contribution in [3.05, 3.63) is 35.5 Å². The van der Waals surface area contributed by atoms with Crippen LogP contribution >= 0.6 is 0 Å². The van der Waals surface area contributed by atoms with Gasteiger partial charge in [-0.3, -0.25) is 9.69 Å². The fraction of sp³-hybridized carbons (Fsp3) is 0.550. The lowest BCUT2D eigenvalue weighted by Gasteiger charge is -2.34. The number of para-hydroxylation sites is 1. The smallest absolute Gasteiger partial charge is 0.179 e. The zero-order chi connectivity index (χ0) is 15.8. The second-order valence-corrected chi connectivity index (χ2v) is 7.29. The van der Waals surface area contributed by atoms with Crippen LogP contribution in [0.25, 0.3) is 10.9 Å². The van der Waals surface area contributed by atoms with Crippen molar-refractivity contribution in [2.24, 2.45) is 0 Å². The monoisotopic (exact) mass is 310 g/mol. The van der Waals surface area contributed by atoms with Gasteiger partial charge in [-0.25, -0.2) is 0 Å². The van der Waals surface area contributed by atoms with E-state index in [1.165, 1.54) is 44.9 Å². The first-order chi connectivity index (χ1) is 11.2. The SMILES string of the molecule is Cc1[nH]c2ccccc2c1C(=O)CN(C1CCCCC1)C1CC1. The van der Waals surface area contributed by atoms with Gasteiger partial charge in [-0.05, 0) is 38.7 Å². The Labute approximate surface area is 138 Å². The van der Waals surface area contributed by atoms with E-state index in [-0.39, 0.29) is 5.78 Å². The molecule has 3 nitrogen and oxygen atoms in total. The van der Waals surface area contributed by atoms with Gasteiger partial charge in [-0.15, -0.1) is 0 Å². The minimum absolute atomic E-state index is 0.289. The highest BCUT2D eigenvalue weighted by atomic mass is 16.1. The maximum Gasteiger partial charge on any atom is 0.179 e. The van der Waals surface area contributed by atoms with Crippen molar-refractivity contribution in [3.8, 4) is 0 Å². The molecule has 2 aromatic rings. The van der Waals surface area contributed by atoms with Crippen LogP contribution in [0.1, 0.15) is 61.0 Å². The van der Waals surface area contributed by atoms with Crippen molar-refractivity contribution >= 4 is 16.7 Å². The van der Waals surface area contributed by atoms with Gasteiger partial charge < -0.3 is 4.98 Å². The van der Waals surface area contributed by atoms with Crippen molar-refractivity contribution in [1.29, 1.82) is 0 Å². The van der Waals surface area contributed by atoms with Crippen LogP contribution in [0, 0.1) is 6.92 Å². The number of rotatable bonds is 5. The topological polar surface area (TPSA) is 36.1 Å². The average Bonchev–Trinajstić information content (AvgIpc) is 3.35. The molecule has 0 bridgehead atoms. The van der Waals surface area contributed by atoms with Crippen molar-refractivity contribution in [1.82, 2.24) is 9.88 Å². The molecule has 0 atom stereocenters. The molecule has 0 spiro atoms. The average molecular weight is 310 g/mol. The number of H-pyrrole nitrogens is 1. The molecule has 1 heterocycles. The summed E-state index contributed by atoms with van der Waals surface area (Å²) >= 11 is 0. The van der Waals surface area contributed by atoms with E-state index < -0.39 is 0 Å². The first-order valence-electron chi connectivity index (χ1n) is 9.10. The molecule has 3 heteroatoms. The van der Waals surface area contributed by atoms with Crippen LogP contribution in [0.2, 0.25) is 0 Å². The Balaban J connectivity index is 1.58. The Morgan fingerprint density at radius 1 is 1.09 bits per heavy atom. The number of carbonyl (C=O) groups is 1. The third kappa shape index (κ3) is 2.94. The number of carbonyl (C=O) groups excluding carboxylic acids is 1. The fourth-order valence-electron chi connectivity index (χ4n) is 4.26. The van der Waals surface area contributed by atoms with Gasteiger partial charge in [-0.2, -0.15) is 0 Å². The summed E-state index contributed by atoms with van der Waals surface area (Å²) in [7, 11) is 0. The second-order valence-electron chi connectivity index (χ2n) is 7.29. The van der Waals surface area contributed by atoms with Crippen LogP contribution in [-0.4, -0.2) is 34.3 Å². The highest BCUT2D eigenvalue weighted by molar-refractivity contribution is 6.10. The number of nitrogens with one attached hydrogen (secondary N) is 1. The largest absolute Gasteiger partial charge is 0.358 e. The highest BCUT2D eigenvalue weighted by Crippen LogP contribution is 2.34. The molecule has 23 heavy (non-hydrogen) atoms. The van der Waals surface area contributed by atoms with Crippen LogP contribution in [-0.2, 0) is 0 Å². The molecular weight excluding hydrogens is 284 g/mol. The standard InChI is InChI=1S/C20H26N2O/c1-14-20(17-9-5-6-10-18(17)21-14)19(23)13-22(16-11-12-16)15-7-3-2-4-8-15/h5-6,9-10,15-16,21H,2-4,7-8,11-13H2,1H3. The normalized spacial score (nSPS) is 19.6. The van der Waals surface area contributed by atoms with E-state index in [1.54, 1.807) is 0 Å². The molecule has 0 saturated heterocycles. The number of ketones is 1. The second kappa shape index (κ2) is 6.12. The lowest BCUT2D eigenvalue weighted by atomic mass is 9.93. The Morgan fingerprint density at radius 2 is 1.78 bits per heavy atom. The van der Waals surface area contributed by atoms with Crippen LogP contribution in [0.5, 0.6) is 0 Å². The van der Waals surface area contributed by atoms with Gasteiger partial charge >= 0.3 is 0 Å². The molecule has 2 aliphatic rings. The van der Waals surface area contributed by atoms with E-state index >= 15 is 0 Å². The Kier molecular flexibility index (Phi) is 3.98. The van der Waals surface area contributed by atoms with Gasteiger partial charge in [0.25, 0.3) is 0 Å². The van der Waals surface area contributed by atoms with Crippen LogP contribution in [0.15, 0.2) is 24.3 Å². The van der Waals surface area contributed by atoms with Crippen LogP contribution in [0.3, 0.4) is 0 Å². The first-order valence-corrected chi connectivity index (χ1v) is 9.10. The molecule has 2 aliphatic carbocycles. The van der Waals surface area contributed by atoms with Gasteiger partial charge in [0.15, 0.2) is 5.78 Å². The quantitative estimate of drug-likeness (QED) is 0.828. The van der Waals surface area contributed by atoms with E-state index in [0.29, 0.717) is 18.6 Å². The fourth-order valence-corrected chi connectivity index (χ4v) is 4.26.